The van der Waals surface area contributed by atoms with Crippen molar-refractivity contribution in [3.05, 3.63) is 29.0 Å². The molecule has 1 heterocycles. The molecule has 1 fully saturated rings. The summed E-state index contributed by atoms with van der Waals surface area (Å²) in [5, 5.41) is -0.214. The van der Waals surface area contributed by atoms with Crippen LogP contribution < -0.4 is 4.90 Å². The lowest BCUT2D eigenvalue weighted by atomic mass is 10.2. The number of piperazine rings is 1. The zero-order valence-corrected chi connectivity index (χ0v) is 17.8. The summed E-state index contributed by atoms with van der Waals surface area (Å²) >= 11 is 5.72. The van der Waals surface area contributed by atoms with Crippen LogP contribution in [0.2, 0.25) is 5.02 Å². The lowest BCUT2D eigenvalue weighted by Gasteiger charge is -2.35. The molecule has 1 aromatic carbocycles. The molecule has 1 saturated heterocycles. The van der Waals surface area contributed by atoms with Gasteiger partial charge in [0.15, 0.2) is 6.54 Å². The van der Waals surface area contributed by atoms with Gasteiger partial charge in [-0.05, 0) is 45.9 Å². The van der Waals surface area contributed by atoms with E-state index in [9.17, 15) is 17.6 Å². The van der Waals surface area contributed by atoms with Crippen LogP contribution in [0, 0.1) is 5.82 Å². The number of amides is 1. The third-order valence-corrected chi connectivity index (χ3v) is 6.94. The summed E-state index contributed by atoms with van der Waals surface area (Å²) < 4.78 is 40.1. The number of sulfonamides is 1. The molecule has 1 amide bonds. The molecule has 0 unspecified atom stereocenters. The number of hydrogen-bond donors (Lipinski definition) is 1. The Kier molecular flexibility index (Phi) is 7.24. The maximum absolute atomic E-state index is 13.3. The average Bonchev–Trinajstić information content (AvgIpc) is 2.57. The van der Waals surface area contributed by atoms with E-state index >= 15 is 0 Å². The van der Waals surface area contributed by atoms with Gasteiger partial charge in [-0.25, -0.2) is 12.8 Å². The van der Waals surface area contributed by atoms with Crippen LogP contribution in [0.15, 0.2) is 23.1 Å². The Morgan fingerprint density at radius 2 is 1.78 bits per heavy atom. The number of carbonyl (C=O) groups is 1. The first-order valence-corrected chi connectivity index (χ1v) is 11.0. The van der Waals surface area contributed by atoms with Gasteiger partial charge in [0.25, 0.3) is 5.91 Å². The van der Waals surface area contributed by atoms with Gasteiger partial charge in [0.05, 0.1) is 36.1 Å². The number of nitrogens with zero attached hydrogens (tertiary/aromatic N) is 2. The summed E-state index contributed by atoms with van der Waals surface area (Å²) in [6.07, 6.45) is 0. The van der Waals surface area contributed by atoms with Crippen LogP contribution in [0.5, 0.6) is 0 Å². The first kappa shape index (κ1) is 22.1. The molecule has 1 N–H and O–H groups in total. The quantitative estimate of drug-likeness (QED) is 0.747. The Hall–Kier alpha value is -1.22. The van der Waals surface area contributed by atoms with Crippen molar-refractivity contribution in [2.75, 3.05) is 32.7 Å². The first-order valence-electron chi connectivity index (χ1n) is 9.14. The van der Waals surface area contributed by atoms with Crippen LogP contribution in [-0.2, 0) is 14.8 Å². The fourth-order valence-corrected chi connectivity index (χ4v) is 5.20. The second-order valence-electron chi connectivity index (χ2n) is 7.40. The summed E-state index contributed by atoms with van der Waals surface area (Å²) in [5.41, 5.74) is 0. The predicted octanol–water partition coefficient (Wildman–Crippen LogP) is 1.01. The van der Waals surface area contributed by atoms with Gasteiger partial charge in [-0.1, -0.05) is 11.6 Å². The molecule has 0 saturated carbocycles. The molecule has 1 aromatic rings. The van der Waals surface area contributed by atoms with Crippen molar-refractivity contribution in [1.29, 1.82) is 0 Å². The molecule has 2 rings (SSSR count). The summed E-state index contributed by atoms with van der Waals surface area (Å²) in [7, 11) is -3.72. The molecule has 152 valence electrons. The van der Waals surface area contributed by atoms with E-state index < -0.39 is 15.8 Å². The van der Waals surface area contributed by atoms with Crippen molar-refractivity contribution in [3.63, 3.8) is 0 Å². The van der Waals surface area contributed by atoms with Gasteiger partial charge < -0.3 is 9.80 Å². The van der Waals surface area contributed by atoms with Gasteiger partial charge in [-0.2, -0.15) is 4.31 Å². The van der Waals surface area contributed by atoms with Crippen molar-refractivity contribution >= 4 is 27.5 Å². The fourth-order valence-electron chi connectivity index (χ4n) is 3.48. The van der Waals surface area contributed by atoms with E-state index in [0.717, 1.165) is 17.0 Å². The van der Waals surface area contributed by atoms with E-state index in [0.29, 0.717) is 32.7 Å². The highest BCUT2D eigenvalue weighted by Gasteiger charge is 2.32. The Balaban J connectivity index is 2.00. The molecule has 0 aliphatic carbocycles. The van der Waals surface area contributed by atoms with E-state index in [1.165, 1.54) is 10.4 Å². The molecular weight excluding hydrogens is 393 g/mol. The monoisotopic (exact) mass is 420 g/mol. The number of rotatable bonds is 6. The summed E-state index contributed by atoms with van der Waals surface area (Å²) in [6.45, 7) is 10.0. The lowest BCUT2D eigenvalue weighted by molar-refractivity contribution is -0.896. The zero-order chi connectivity index (χ0) is 20.4. The Bertz CT molecular complexity index is 770. The van der Waals surface area contributed by atoms with Crippen molar-refractivity contribution in [2.24, 2.45) is 0 Å². The van der Waals surface area contributed by atoms with Crippen LogP contribution in [0.4, 0.5) is 4.39 Å². The van der Waals surface area contributed by atoms with Crippen molar-refractivity contribution in [2.45, 2.75) is 44.7 Å². The minimum absolute atomic E-state index is 0.0146. The molecule has 6 nitrogen and oxygen atoms in total. The summed E-state index contributed by atoms with van der Waals surface area (Å²) in [5.74, 6) is -0.570. The van der Waals surface area contributed by atoms with Gasteiger partial charge in [0, 0.05) is 12.1 Å². The van der Waals surface area contributed by atoms with Crippen LogP contribution in [0.3, 0.4) is 0 Å². The molecule has 0 spiro atoms. The minimum Gasteiger partial charge on any atom is -0.333 e. The first-order chi connectivity index (χ1) is 12.5. The molecule has 1 aliphatic rings. The zero-order valence-electron chi connectivity index (χ0n) is 16.2. The Morgan fingerprint density at radius 1 is 1.22 bits per heavy atom. The maximum Gasteiger partial charge on any atom is 0.278 e. The van der Waals surface area contributed by atoms with Crippen LogP contribution in [0.25, 0.3) is 0 Å². The van der Waals surface area contributed by atoms with E-state index in [4.69, 9.17) is 11.6 Å². The second-order valence-corrected chi connectivity index (χ2v) is 9.74. The van der Waals surface area contributed by atoms with Crippen molar-refractivity contribution < 1.29 is 22.5 Å². The SMILES string of the molecule is CC(C)N(C(=O)C[NH+]1CCN(S(=O)(=O)c2ccc(F)c(Cl)c2)CC1)C(C)C. The molecular formula is C18H28ClFN3O3S+. The van der Waals surface area contributed by atoms with Crippen molar-refractivity contribution in [3.8, 4) is 0 Å². The highest BCUT2D eigenvalue weighted by Crippen LogP contribution is 2.22. The second kappa shape index (κ2) is 8.86. The highest BCUT2D eigenvalue weighted by atomic mass is 35.5. The van der Waals surface area contributed by atoms with Gasteiger partial charge in [0.1, 0.15) is 5.82 Å². The van der Waals surface area contributed by atoms with Crippen molar-refractivity contribution in [1.82, 2.24) is 9.21 Å². The van der Waals surface area contributed by atoms with E-state index in [1.54, 1.807) is 0 Å². The van der Waals surface area contributed by atoms with Gasteiger partial charge in [-0.3, -0.25) is 4.79 Å². The largest absolute Gasteiger partial charge is 0.333 e. The van der Waals surface area contributed by atoms with Gasteiger partial charge in [-0.15, -0.1) is 0 Å². The van der Waals surface area contributed by atoms with Gasteiger partial charge in [0.2, 0.25) is 10.0 Å². The third kappa shape index (κ3) is 5.19. The van der Waals surface area contributed by atoms with E-state index in [-0.39, 0.29) is 27.9 Å². The topological polar surface area (TPSA) is 62.1 Å². The lowest BCUT2D eigenvalue weighted by Crippen LogP contribution is -3.15. The van der Waals surface area contributed by atoms with Crippen LogP contribution in [-0.4, -0.2) is 68.3 Å². The van der Waals surface area contributed by atoms with Crippen LogP contribution in [0.1, 0.15) is 27.7 Å². The Labute approximate surface area is 165 Å². The molecule has 9 heteroatoms. The molecule has 1 aliphatic heterocycles. The molecule has 0 aromatic heterocycles. The Morgan fingerprint density at radius 3 is 2.26 bits per heavy atom. The standard InChI is InChI=1S/C18H27ClFN3O3S/c1-13(2)23(14(3)4)18(24)12-21-7-9-22(10-8-21)27(25,26)15-5-6-17(20)16(19)11-15/h5-6,11,13-14H,7-10,12H2,1-4H3/p+1. The number of benzene rings is 1. The highest BCUT2D eigenvalue weighted by molar-refractivity contribution is 7.89. The predicted molar refractivity (Wildman–Crippen MR) is 103 cm³/mol. The third-order valence-electron chi connectivity index (χ3n) is 4.76. The smallest absolute Gasteiger partial charge is 0.278 e. The maximum atomic E-state index is 13.3. The summed E-state index contributed by atoms with van der Waals surface area (Å²) in [6, 6.07) is 3.67. The fraction of sp³-hybridized carbons (Fsp3) is 0.611. The molecule has 27 heavy (non-hydrogen) atoms. The van der Waals surface area contributed by atoms with Gasteiger partial charge >= 0.3 is 0 Å². The molecule has 0 atom stereocenters. The van der Waals surface area contributed by atoms with Crippen LogP contribution >= 0.6 is 11.6 Å². The number of hydrogen-bond acceptors (Lipinski definition) is 3. The summed E-state index contributed by atoms with van der Waals surface area (Å²) in [4.78, 5) is 15.5. The van der Waals surface area contributed by atoms with E-state index in [2.05, 4.69) is 0 Å². The normalized spacial score (nSPS) is 16.9. The number of quaternary nitrogens is 1. The molecule has 0 bridgehead atoms. The number of carbonyl (C=O) groups excluding carboxylic acids is 1. The average molecular weight is 421 g/mol. The number of nitrogens with one attached hydrogen (secondary N) is 1. The molecule has 0 radical (unpaired) electrons. The van der Waals surface area contributed by atoms with E-state index in [1.807, 2.05) is 32.6 Å². The minimum atomic E-state index is -3.72. The number of halogens is 2.